The predicted molar refractivity (Wildman–Crippen MR) is 143 cm³/mol. The number of carbonyl (C=O) groups is 1. The Hall–Kier alpha value is -3.64. The van der Waals surface area contributed by atoms with Crippen LogP contribution < -0.4 is 4.90 Å². The summed E-state index contributed by atoms with van der Waals surface area (Å²) in [7, 11) is -4.01. The second-order valence-corrected chi connectivity index (χ2v) is 11.8. The Morgan fingerprint density at radius 1 is 0.950 bits per heavy atom. The Kier molecular flexibility index (Phi) is 7.99. The van der Waals surface area contributed by atoms with Gasteiger partial charge in [-0.25, -0.2) is 21.6 Å². The zero-order chi connectivity index (χ0) is 28.4. The molecule has 40 heavy (non-hydrogen) atoms. The minimum Gasteiger partial charge on any atom is -0.366 e. The number of piperidine rings is 1. The first-order valence-electron chi connectivity index (χ1n) is 13.0. The number of piperazine rings is 1. The average Bonchev–Trinajstić information content (AvgIpc) is 3.33. The number of hydrogen-bond acceptors (Lipinski definition) is 6. The highest BCUT2D eigenvalue weighted by molar-refractivity contribution is 7.89. The molecule has 3 aromatic rings. The number of amides is 1. The van der Waals surface area contributed by atoms with Crippen molar-refractivity contribution in [2.75, 3.05) is 44.2 Å². The number of para-hydroxylation sites is 1. The summed E-state index contributed by atoms with van der Waals surface area (Å²) in [6.07, 6.45) is 3.31. The SMILES string of the molecule is Cc1noc(C=Cc2ccc(F)cc2F)c1S(=O)(=O)N1CCC(C(=O)N2CCN(c3ccccc3F)CC2)CC1. The van der Waals surface area contributed by atoms with E-state index in [1.807, 2.05) is 4.90 Å². The maximum absolute atomic E-state index is 14.1. The van der Waals surface area contributed by atoms with Crippen LogP contribution in [0.1, 0.15) is 29.9 Å². The van der Waals surface area contributed by atoms with Gasteiger partial charge in [0.15, 0.2) is 10.7 Å². The highest BCUT2D eigenvalue weighted by Crippen LogP contribution is 2.30. The molecule has 2 saturated heterocycles. The number of hydrogen-bond donors (Lipinski definition) is 0. The summed E-state index contributed by atoms with van der Waals surface area (Å²) >= 11 is 0. The van der Waals surface area contributed by atoms with Crippen molar-refractivity contribution in [3.63, 3.8) is 0 Å². The lowest BCUT2D eigenvalue weighted by atomic mass is 9.96. The molecule has 212 valence electrons. The van der Waals surface area contributed by atoms with E-state index in [9.17, 15) is 26.4 Å². The fourth-order valence-corrected chi connectivity index (χ4v) is 6.93. The molecular weight excluding hydrogens is 545 g/mol. The molecule has 8 nitrogen and oxygen atoms in total. The van der Waals surface area contributed by atoms with Crippen molar-refractivity contribution in [1.29, 1.82) is 0 Å². The second kappa shape index (κ2) is 11.5. The molecule has 2 fully saturated rings. The van der Waals surface area contributed by atoms with Crippen molar-refractivity contribution in [3.05, 3.63) is 76.9 Å². The van der Waals surface area contributed by atoms with Crippen molar-refractivity contribution in [3.8, 4) is 0 Å². The molecule has 3 heterocycles. The molecule has 1 amide bonds. The topological polar surface area (TPSA) is 87.0 Å². The van der Waals surface area contributed by atoms with Crippen LogP contribution in [0.15, 0.2) is 51.9 Å². The number of benzene rings is 2. The summed E-state index contributed by atoms with van der Waals surface area (Å²) in [5.41, 5.74) is 0.743. The van der Waals surface area contributed by atoms with Crippen molar-refractivity contribution in [1.82, 2.24) is 14.4 Å². The maximum Gasteiger partial charge on any atom is 0.248 e. The van der Waals surface area contributed by atoms with Crippen LogP contribution in [-0.2, 0) is 14.8 Å². The van der Waals surface area contributed by atoms with Crippen molar-refractivity contribution in [2.24, 2.45) is 5.92 Å². The third-order valence-electron chi connectivity index (χ3n) is 7.40. The number of sulfonamides is 1. The third-order valence-corrected chi connectivity index (χ3v) is 9.45. The molecule has 0 N–H and O–H groups in total. The van der Waals surface area contributed by atoms with Gasteiger partial charge in [0.2, 0.25) is 15.9 Å². The van der Waals surface area contributed by atoms with E-state index < -0.39 is 21.7 Å². The van der Waals surface area contributed by atoms with Crippen LogP contribution in [-0.4, -0.2) is 68.0 Å². The van der Waals surface area contributed by atoms with Crippen molar-refractivity contribution in [2.45, 2.75) is 24.7 Å². The normalized spacial score (nSPS) is 17.6. The minimum absolute atomic E-state index is 0.0173. The Morgan fingerprint density at radius 3 is 2.33 bits per heavy atom. The highest BCUT2D eigenvalue weighted by atomic mass is 32.2. The van der Waals surface area contributed by atoms with Gasteiger partial charge < -0.3 is 14.3 Å². The Morgan fingerprint density at radius 2 is 1.65 bits per heavy atom. The zero-order valence-corrected chi connectivity index (χ0v) is 22.7. The van der Waals surface area contributed by atoms with Gasteiger partial charge in [0, 0.05) is 56.8 Å². The first kappa shape index (κ1) is 27.9. The van der Waals surface area contributed by atoms with Crippen LogP contribution in [0.5, 0.6) is 0 Å². The monoisotopic (exact) mass is 574 g/mol. The number of rotatable bonds is 6. The lowest BCUT2D eigenvalue weighted by molar-refractivity contribution is -0.137. The van der Waals surface area contributed by atoms with Crippen LogP contribution in [0.4, 0.5) is 18.9 Å². The van der Waals surface area contributed by atoms with Gasteiger partial charge in [0.1, 0.15) is 23.1 Å². The van der Waals surface area contributed by atoms with E-state index in [1.165, 1.54) is 35.5 Å². The van der Waals surface area contributed by atoms with Gasteiger partial charge in [0.05, 0.1) is 5.69 Å². The summed E-state index contributed by atoms with van der Waals surface area (Å²) in [5.74, 6) is -2.20. The van der Waals surface area contributed by atoms with Gasteiger partial charge in [-0.2, -0.15) is 4.31 Å². The summed E-state index contributed by atoms with van der Waals surface area (Å²) in [6.45, 7) is 3.77. The number of anilines is 1. The molecule has 0 radical (unpaired) electrons. The number of aromatic nitrogens is 1. The molecule has 12 heteroatoms. The third kappa shape index (κ3) is 5.64. The first-order chi connectivity index (χ1) is 19.1. The van der Waals surface area contributed by atoms with Gasteiger partial charge in [-0.05, 0) is 56.2 Å². The van der Waals surface area contributed by atoms with Crippen molar-refractivity contribution < 1.29 is 30.9 Å². The first-order valence-corrected chi connectivity index (χ1v) is 14.5. The van der Waals surface area contributed by atoms with E-state index in [1.54, 1.807) is 23.1 Å². The molecule has 0 unspecified atom stereocenters. The minimum atomic E-state index is -4.01. The Labute approximate surface area is 230 Å². The van der Waals surface area contributed by atoms with Gasteiger partial charge in [-0.1, -0.05) is 17.3 Å². The molecule has 2 aromatic carbocycles. The van der Waals surface area contributed by atoms with E-state index in [4.69, 9.17) is 4.52 Å². The van der Waals surface area contributed by atoms with Crippen LogP contribution in [0, 0.1) is 30.3 Å². The lowest BCUT2D eigenvalue weighted by Gasteiger charge is -2.39. The quantitative estimate of drug-likeness (QED) is 0.436. The summed E-state index contributed by atoms with van der Waals surface area (Å²) in [6, 6.07) is 9.63. The largest absolute Gasteiger partial charge is 0.366 e. The molecule has 5 rings (SSSR count). The fourth-order valence-electron chi connectivity index (χ4n) is 5.21. The molecule has 0 spiro atoms. The van der Waals surface area contributed by atoms with Gasteiger partial charge in [0.25, 0.3) is 0 Å². The van der Waals surface area contributed by atoms with Gasteiger partial charge >= 0.3 is 0 Å². The molecule has 1 aromatic heterocycles. The van der Waals surface area contributed by atoms with Crippen LogP contribution in [0.25, 0.3) is 12.2 Å². The smallest absolute Gasteiger partial charge is 0.248 e. The van der Waals surface area contributed by atoms with Gasteiger partial charge in [-0.15, -0.1) is 0 Å². The van der Waals surface area contributed by atoms with E-state index in [0.717, 1.165) is 12.1 Å². The Balaban J connectivity index is 1.21. The molecular formula is C28H29F3N4O4S. The van der Waals surface area contributed by atoms with E-state index in [2.05, 4.69) is 5.16 Å². The van der Waals surface area contributed by atoms with E-state index in [0.29, 0.717) is 44.7 Å². The number of halogens is 3. The Bertz CT molecular complexity index is 1530. The van der Waals surface area contributed by atoms with Crippen LogP contribution >= 0.6 is 0 Å². The fraction of sp³-hybridized carbons (Fsp3) is 0.357. The van der Waals surface area contributed by atoms with Crippen molar-refractivity contribution >= 4 is 33.8 Å². The average molecular weight is 575 g/mol. The summed E-state index contributed by atoms with van der Waals surface area (Å²) in [4.78, 5) is 16.8. The maximum atomic E-state index is 14.1. The zero-order valence-electron chi connectivity index (χ0n) is 21.9. The molecule has 0 bridgehead atoms. The predicted octanol–water partition coefficient (Wildman–Crippen LogP) is 4.32. The molecule has 2 aliphatic heterocycles. The molecule has 0 atom stereocenters. The lowest BCUT2D eigenvalue weighted by Crippen LogP contribution is -2.52. The van der Waals surface area contributed by atoms with E-state index in [-0.39, 0.29) is 52.6 Å². The summed E-state index contributed by atoms with van der Waals surface area (Å²) < 4.78 is 74.9. The molecule has 0 aliphatic carbocycles. The number of aryl methyl sites for hydroxylation is 1. The highest BCUT2D eigenvalue weighted by Gasteiger charge is 2.37. The number of carbonyl (C=O) groups excluding carboxylic acids is 1. The van der Waals surface area contributed by atoms with E-state index >= 15 is 0 Å². The standard InChI is InChI=1S/C28H29F3N4O4S/c1-19-27(26(39-32-19)9-7-20-6-8-22(29)18-24(20)31)40(37,38)35-12-10-21(11-13-35)28(36)34-16-14-33(15-17-34)25-5-3-2-4-23(25)30/h2-9,18,21H,10-17H2,1H3. The number of nitrogens with zero attached hydrogens (tertiary/aromatic N) is 4. The second-order valence-electron chi connectivity index (χ2n) is 9.90. The van der Waals surface area contributed by atoms with Gasteiger partial charge in [-0.3, -0.25) is 4.79 Å². The van der Waals surface area contributed by atoms with Crippen LogP contribution in [0.3, 0.4) is 0 Å². The molecule has 0 saturated carbocycles. The molecule has 2 aliphatic rings. The summed E-state index contributed by atoms with van der Waals surface area (Å²) in [5, 5.41) is 3.79. The van der Waals surface area contributed by atoms with Crippen LogP contribution in [0.2, 0.25) is 0 Å².